The summed E-state index contributed by atoms with van der Waals surface area (Å²) in [6.07, 6.45) is 3.98. The van der Waals surface area contributed by atoms with Crippen LogP contribution in [-0.4, -0.2) is 33.9 Å². The maximum Gasteiger partial charge on any atom is 0.0431 e. The van der Waals surface area contributed by atoms with E-state index in [-0.39, 0.29) is 0 Å². The molecule has 0 radical (unpaired) electrons. The Kier molecular flexibility index (Phi) is 9.03. The predicted octanol–water partition coefficient (Wildman–Crippen LogP) is 2.04. The van der Waals surface area contributed by atoms with E-state index in [0.717, 1.165) is 25.7 Å². The van der Waals surface area contributed by atoms with Crippen molar-refractivity contribution in [2.75, 3.05) is 13.2 Å². The number of aliphatic hydroxyl groups is 2. The Morgan fingerprint density at radius 3 is 1.62 bits per heavy atom. The number of rotatable bonds is 8. The molecule has 0 aliphatic carbocycles. The lowest BCUT2D eigenvalue weighted by Gasteiger charge is -2.16. The van der Waals surface area contributed by atoms with Crippen molar-refractivity contribution < 1.29 is 10.2 Å². The van der Waals surface area contributed by atoms with Gasteiger partial charge in [-0.25, -0.2) is 0 Å². The van der Waals surface area contributed by atoms with Crippen LogP contribution in [-0.2, 0) is 0 Å². The summed E-state index contributed by atoms with van der Waals surface area (Å²) in [6.45, 7) is 5.01. The molecule has 0 amide bonds. The summed E-state index contributed by atoms with van der Waals surface area (Å²) in [5, 5.41) is 18.5. The molecule has 0 aliphatic heterocycles. The van der Waals surface area contributed by atoms with Crippen LogP contribution < -0.4 is 0 Å². The first kappa shape index (κ1) is 13.3. The first-order chi connectivity index (χ1) is 6.20. The summed E-state index contributed by atoms with van der Waals surface area (Å²) in [5.41, 5.74) is 0. The summed E-state index contributed by atoms with van der Waals surface area (Å²) in [6, 6.07) is 0. The predicted molar refractivity (Wildman–Crippen MR) is 59.2 cm³/mol. The molecule has 0 fully saturated rings. The Morgan fingerprint density at radius 2 is 1.31 bits per heavy atom. The van der Waals surface area contributed by atoms with Gasteiger partial charge < -0.3 is 10.2 Å². The molecule has 0 rings (SSSR count). The van der Waals surface area contributed by atoms with Crippen LogP contribution in [0.25, 0.3) is 0 Å². The van der Waals surface area contributed by atoms with Crippen molar-refractivity contribution in [3.05, 3.63) is 0 Å². The summed E-state index contributed by atoms with van der Waals surface area (Å²) >= 11 is 1.96. The van der Waals surface area contributed by atoms with Gasteiger partial charge in [0.2, 0.25) is 0 Å². The molecule has 2 N–H and O–H groups in total. The van der Waals surface area contributed by atoms with E-state index in [0.29, 0.717) is 23.7 Å². The number of hydrogen-bond acceptors (Lipinski definition) is 3. The first-order valence-electron chi connectivity index (χ1n) is 5.08. The maximum absolute atomic E-state index is 8.65. The van der Waals surface area contributed by atoms with Crippen molar-refractivity contribution in [3.8, 4) is 0 Å². The zero-order chi connectivity index (χ0) is 10.1. The van der Waals surface area contributed by atoms with Gasteiger partial charge in [-0.3, -0.25) is 0 Å². The van der Waals surface area contributed by atoms with E-state index in [1.165, 1.54) is 0 Å². The van der Waals surface area contributed by atoms with E-state index in [9.17, 15) is 0 Å². The molecular formula is C10H22O2S. The Hall–Kier alpha value is 0.270. The lowest BCUT2D eigenvalue weighted by atomic mass is 10.2. The van der Waals surface area contributed by atoms with Crippen LogP contribution in [0.5, 0.6) is 0 Å². The highest BCUT2D eigenvalue weighted by Gasteiger charge is 2.08. The largest absolute Gasteiger partial charge is 0.396 e. The molecule has 0 heterocycles. The van der Waals surface area contributed by atoms with Crippen LogP contribution in [0.3, 0.4) is 0 Å². The first-order valence-corrected chi connectivity index (χ1v) is 6.02. The second-order valence-electron chi connectivity index (χ2n) is 3.49. The summed E-state index contributed by atoms with van der Waals surface area (Å²) in [7, 11) is 0. The second-order valence-corrected chi connectivity index (χ2v) is 5.37. The minimum absolute atomic E-state index is 0.302. The molecule has 0 saturated heterocycles. The van der Waals surface area contributed by atoms with Crippen molar-refractivity contribution in [1.82, 2.24) is 0 Å². The van der Waals surface area contributed by atoms with Crippen molar-refractivity contribution in [3.63, 3.8) is 0 Å². The number of hydrogen-bond donors (Lipinski definition) is 2. The van der Waals surface area contributed by atoms with E-state index in [1.807, 2.05) is 11.8 Å². The van der Waals surface area contributed by atoms with E-state index in [2.05, 4.69) is 13.8 Å². The van der Waals surface area contributed by atoms with Gasteiger partial charge in [-0.2, -0.15) is 11.8 Å². The van der Waals surface area contributed by atoms with Gasteiger partial charge in [-0.1, -0.05) is 13.8 Å². The van der Waals surface area contributed by atoms with Crippen LogP contribution in [0, 0.1) is 0 Å². The van der Waals surface area contributed by atoms with E-state index >= 15 is 0 Å². The Balaban J connectivity index is 3.35. The van der Waals surface area contributed by atoms with Gasteiger partial charge in [-0.05, 0) is 25.7 Å². The quantitative estimate of drug-likeness (QED) is 0.638. The average Bonchev–Trinajstić information content (AvgIpc) is 2.11. The normalized spacial score (nSPS) is 15.7. The smallest absolute Gasteiger partial charge is 0.0431 e. The molecule has 13 heavy (non-hydrogen) atoms. The lowest BCUT2D eigenvalue weighted by molar-refractivity contribution is 0.284. The zero-order valence-electron chi connectivity index (χ0n) is 8.70. The van der Waals surface area contributed by atoms with Gasteiger partial charge in [0.15, 0.2) is 0 Å². The maximum atomic E-state index is 8.65. The van der Waals surface area contributed by atoms with E-state index < -0.39 is 0 Å². The number of aliphatic hydroxyl groups excluding tert-OH is 2. The fourth-order valence-corrected chi connectivity index (χ4v) is 2.69. The molecule has 2 unspecified atom stereocenters. The Morgan fingerprint density at radius 1 is 0.923 bits per heavy atom. The second kappa shape index (κ2) is 8.85. The van der Waals surface area contributed by atoms with Gasteiger partial charge in [0.25, 0.3) is 0 Å². The summed E-state index contributed by atoms with van der Waals surface area (Å²) < 4.78 is 0. The molecule has 0 aromatic heterocycles. The molecule has 0 spiro atoms. The third-order valence-corrected chi connectivity index (χ3v) is 3.40. The van der Waals surface area contributed by atoms with Gasteiger partial charge in [-0.15, -0.1) is 0 Å². The molecule has 0 bridgehead atoms. The van der Waals surface area contributed by atoms with E-state index in [4.69, 9.17) is 10.2 Å². The van der Waals surface area contributed by atoms with Gasteiger partial charge in [0, 0.05) is 23.7 Å². The van der Waals surface area contributed by atoms with E-state index in [1.54, 1.807) is 0 Å². The zero-order valence-corrected chi connectivity index (χ0v) is 9.52. The van der Waals surface area contributed by atoms with Crippen LogP contribution in [0.4, 0.5) is 0 Å². The minimum Gasteiger partial charge on any atom is -0.396 e. The lowest BCUT2D eigenvalue weighted by Crippen LogP contribution is -2.06. The van der Waals surface area contributed by atoms with Crippen LogP contribution >= 0.6 is 11.8 Å². The molecular weight excluding hydrogens is 184 g/mol. The van der Waals surface area contributed by atoms with Crippen molar-refractivity contribution in [2.45, 2.75) is 50.0 Å². The Labute approximate surface area is 85.7 Å². The molecule has 2 nitrogen and oxygen atoms in total. The topological polar surface area (TPSA) is 40.5 Å². The SMILES string of the molecule is CC(CCCO)SC(C)CCCO. The van der Waals surface area contributed by atoms with Gasteiger partial charge >= 0.3 is 0 Å². The molecule has 0 saturated carbocycles. The van der Waals surface area contributed by atoms with Gasteiger partial charge in [0.1, 0.15) is 0 Å². The van der Waals surface area contributed by atoms with Crippen molar-refractivity contribution in [1.29, 1.82) is 0 Å². The van der Waals surface area contributed by atoms with Crippen molar-refractivity contribution >= 4 is 11.8 Å². The molecule has 0 aromatic carbocycles. The minimum atomic E-state index is 0.302. The molecule has 3 heteroatoms. The fourth-order valence-electron chi connectivity index (χ4n) is 1.29. The molecule has 80 valence electrons. The monoisotopic (exact) mass is 206 g/mol. The molecule has 0 aliphatic rings. The summed E-state index contributed by atoms with van der Waals surface area (Å²) in [5.74, 6) is 0. The highest BCUT2D eigenvalue weighted by Crippen LogP contribution is 2.23. The van der Waals surface area contributed by atoms with Crippen LogP contribution in [0.15, 0.2) is 0 Å². The highest BCUT2D eigenvalue weighted by molar-refractivity contribution is 8.00. The fraction of sp³-hybridized carbons (Fsp3) is 1.00. The van der Waals surface area contributed by atoms with Crippen LogP contribution in [0.2, 0.25) is 0 Å². The average molecular weight is 206 g/mol. The highest BCUT2D eigenvalue weighted by atomic mass is 32.2. The standard InChI is InChI=1S/C10H22O2S/c1-9(5-3-7-11)13-10(2)6-4-8-12/h9-12H,3-8H2,1-2H3. The van der Waals surface area contributed by atoms with Crippen LogP contribution in [0.1, 0.15) is 39.5 Å². The number of thioether (sulfide) groups is 1. The molecule has 0 aromatic rings. The summed E-state index contributed by atoms with van der Waals surface area (Å²) in [4.78, 5) is 0. The molecule has 2 atom stereocenters. The van der Waals surface area contributed by atoms with Gasteiger partial charge in [0.05, 0.1) is 0 Å². The van der Waals surface area contributed by atoms with Crippen molar-refractivity contribution in [2.24, 2.45) is 0 Å². The third-order valence-electron chi connectivity index (χ3n) is 2.00. The Bertz CT molecular complexity index is 97.1. The third kappa shape index (κ3) is 8.60.